The van der Waals surface area contributed by atoms with Crippen LogP contribution in [0.5, 0.6) is 0 Å². The van der Waals surface area contributed by atoms with Gasteiger partial charge in [-0.1, -0.05) is 11.6 Å². The third-order valence-corrected chi connectivity index (χ3v) is 1.37. The van der Waals surface area contributed by atoms with Crippen LogP contribution in [-0.4, -0.2) is 4.98 Å². The Balaban J connectivity index is 0.00000144. The van der Waals surface area contributed by atoms with Crippen LogP contribution in [-0.2, 0) is 6.18 Å². The minimum atomic E-state index is -4.55. The molecule has 1 aromatic rings. The second-order valence-corrected chi connectivity index (χ2v) is 2.46. The smallest absolute Gasteiger partial charge is 0.397 e. The van der Waals surface area contributed by atoms with Crippen molar-refractivity contribution in [1.82, 2.24) is 4.98 Å². The molecule has 0 aliphatic heterocycles. The molecule has 0 spiro atoms. The molecule has 0 saturated heterocycles. The van der Waals surface area contributed by atoms with E-state index in [0.717, 1.165) is 6.07 Å². The molecular formula is C6H5Cl2F3N2. The van der Waals surface area contributed by atoms with Gasteiger partial charge in [-0.05, 0) is 12.1 Å². The molecule has 2 N–H and O–H groups in total. The average Bonchev–Trinajstić information content (AvgIpc) is 1.92. The van der Waals surface area contributed by atoms with Gasteiger partial charge in [0.1, 0.15) is 5.15 Å². The molecule has 1 aromatic heterocycles. The molecule has 0 aliphatic rings. The summed E-state index contributed by atoms with van der Waals surface area (Å²) in [7, 11) is 0. The zero-order valence-electron chi connectivity index (χ0n) is 6.10. The van der Waals surface area contributed by atoms with Crippen molar-refractivity contribution in [2.45, 2.75) is 6.18 Å². The Kier molecular flexibility index (Phi) is 3.81. The first kappa shape index (κ1) is 12.3. The van der Waals surface area contributed by atoms with E-state index < -0.39 is 17.6 Å². The predicted octanol–water partition coefficient (Wildman–Crippen LogP) is 2.76. The molecule has 0 aromatic carbocycles. The molecule has 74 valence electrons. The molecule has 0 atom stereocenters. The van der Waals surface area contributed by atoms with Gasteiger partial charge in [0.15, 0.2) is 5.69 Å². The number of aromatic nitrogens is 1. The summed E-state index contributed by atoms with van der Waals surface area (Å²) < 4.78 is 36.1. The summed E-state index contributed by atoms with van der Waals surface area (Å²) in [4.78, 5) is 3.06. The van der Waals surface area contributed by atoms with Gasteiger partial charge in [-0.15, -0.1) is 12.4 Å². The van der Waals surface area contributed by atoms with Gasteiger partial charge < -0.3 is 5.73 Å². The van der Waals surface area contributed by atoms with Crippen LogP contribution in [0.25, 0.3) is 0 Å². The molecule has 0 unspecified atom stereocenters. The van der Waals surface area contributed by atoms with Crippen LogP contribution in [0.15, 0.2) is 12.1 Å². The van der Waals surface area contributed by atoms with E-state index in [1.165, 1.54) is 6.07 Å². The third kappa shape index (κ3) is 2.93. The second-order valence-electron chi connectivity index (χ2n) is 2.07. The van der Waals surface area contributed by atoms with Crippen LogP contribution in [0.4, 0.5) is 18.9 Å². The average molecular weight is 233 g/mol. The van der Waals surface area contributed by atoms with Crippen molar-refractivity contribution in [1.29, 1.82) is 0 Å². The normalized spacial score (nSPS) is 10.8. The lowest BCUT2D eigenvalue weighted by atomic mass is 10.3. The maximum absolute atomic E-state index is 12.0. The molecule has 1 heterocycles. The van der Waals surface area contributed by atoms with Crippen LogP contribution in [0.3, 0.4) is 0 Å². The number of nitrogens with two attached hydrogens (primary N) is 1. The SMILES string of the molecule is Cl.Nc1ccc(Cl)nc1C(F)(F)F. The largest absolute Gasteiger partial charge is 0.435 e. The van der Waals surface area contributed by atoms with Gasteiger partial charge in [0, 0.05) is 0 Å². The number of anilines is 1. The third-order valence-electron chi connectivity index (χ3n) is 1.16. The molecule has 2 nitrogen and oxygen atoms in total. The van der Waals surface area contributed by atoms with Gasteiger partial charge in [-0.25, -0.2) is 4.98 Å². The minimum absolute atomic E-state index is 0. The van der Waals surface area contributed by atoms with Crippen LogP contribution in [0.1, 0.15) is 5.69 Å². The highest BCUT2D eigenvalue weighted by atomic mass is 35.5. The molecule has 13 heavy (non-hydrogen) atoms. The highest BCUT2D eigenvalue weighted by Crippen LogP contribution is 2.32. The van der Waals surface area contributed by atoms with Crippen LogP contribution in [0.2, 0.25) is 5.15 Å². The van der Waals surface area contributed by atoms with E-state index in [2.05, 4.69) is 4.98 Å². The summed E-state index contributed by atoms with van der Waals surface area (Å²) >= 11 is 5.26. The highest BCUT2D eigenvalue weighted by molar-refractivity contribution is 6.29. The van der Waals surface area contributed by atoms with Gasteiger partial charge in [0.2, 0.25) is 0 Å². The van der Waals surface area contributed by atoms with Gasteiger partial charge in [0.25, 0.3) is 0 Å². The quantitative estimate of drug-likeness (QED) is 0.699. The van der Waals surface area contributed by atoms with E-state index in [1.807, 2.05) is 0 Å². The summed E-state index contributed by atoms with van der Waals surface area (Å²) in [5, 5.41) is -0.225. The van der Waals surface area contributed by atoms with Crippen molar-refractivity contribution < 1.29 is 13.2 Å². The number of rotatable bonds is 0. The Morgan fingerprint density at radius 3 is 2.23 bits per heavy atom. The summed E-state index contributed by atoms with van der Waals surface area (Å²) in [5.41, 5.74) is 3.47. The lowest BCUT2D eigenvalue weighted by Crippen LogP contribution is -2.11. The predicted molar refractivity (Wildman–Crippen MR) is 45.9 cm³/mol. The number of pyridine rings is 1. The van der Waals surface area contributed by atoms with Crippen molar-refractivity contribution in [3.05, 3.63) is 23.0 Å². The zero-order valence-corrected chi connectivity index (χ0v) is 7.67. The summed E-state index contributed by atoms with van der Waals surface area (Å²) in [5.74, 6) is 0. The molecule has 0 bridgehead atoms. The molecule has 0 aliphatic carbocycles. The lowest BCUT2D eigenvalue weighted by molar-refractivity contribution is -0.140. The summed E-state index contributed by atoms with van der Waals surface area (Å²) in [6.45, 7) is 0. The van der Waals surface area contributed by atoms with E-state index in [1.54, 1.807) is 0 Å². The van der Waals surface area contributed by atoms with Gasteiger partial charge in [-0.2, -0.15) is 13.2 Å². The minimum Gasteiger partial charge on any atom is -0.397 e. The standard InChI is InChI=1S/C6H4ClF3N2.ClH/c7-4-2-1-3(11)5(12-4)6(8,9)10;/h1-2H,11H2;1H. The fraction of sp³-hybridized carbons (Fsp3) is 0.167. The zero-order chi connectivity index (χ0) is 9.35. The number of nitrogens with zero attached hydrogens (tertiary/aromatic N) is 1. The summed E-state index contributed by atoms with van der Waals surface area (Å²) in [6.07, 6.45) is -4.55. The number of hydrogen-bond acceptors (Lipinski definition) is 2. The second kappa shape index (κ2) is 4.02. The van der Waals surface area contributed by atoms with Gasteiger partial charge in [0.05, 0.1) is 5.69 Å². The Bertz CT molecular complexity index is 300. The Morgan fingerprint density at radius 1 is 1.31 bits per heavy atom. The number of nitrogen functional groups attached to an aromatic ring is 1. The Labute approximate surface area is 83.3 Å². The van der Waals surface area contributed by atoms with E-state index in [0.29, 0.717) is 0 Å². The maximum atomic E-state index is 12.0. The van der Waals surface area contributed by atoms with Crippen molar-refractivity contribution in [2.24, 2.45) is 0 Å². The van der Waals surface area contributed by atoms with E-state index in [9.17, 15) is 13.2 Å². The molecule has 0 amide bonds. The first-order valence-electron chi connectivity index (χ1n) is 2.90. The Hall–Kier alpha value is -0.680. The lowest BCUT2D eigenvalue weighted by Gasteiger charge is -2.07. The summed E-state index contributed by atoms with van der Waals surface area (Å²) in [6, 6.07) is 2.27. The topological polar surface area (TPSA) is 38.9 Å². The number of hydrogen-bond donors (Lipinski definition) is 1. The molecule has 0 saturated carbocycles. The van der Waals surface area contributed by atoms with Gasteiger partial charge >= 0.3 is 6.18 Å². The monoisotopic (exact) mass is 232 g/mol. The van der Waals surface area contributed by atoms with E-state index in [-0.39, 0.29) is 17.6 Å². The van der Waals surface area contributed by atoms with Crippen molar-refractivity contribution in [3.63, 3.8) is 0 Å². The van der Waals surface area contributed by atoms with Crippen molar-refractivity contribution in [2.75, 3.05) is 5.73 Å². The van der Waals surface area contributed by atoms with Crippen molar-refractivity contribution in [3.8, 4) is 0 Å². The maximum Gasteiger partial charge on any atom is 0.435 e. The molecule has 7 heteroatoms. The van der Waals surface area contributed by atoms with Crippen LogP contribution in [0, 0.1) is 0 Å². The molecular weight excluding hydrogens is 228 g/mol. The van der Waals surface area contributed by atoms with Crippen molar-refractivity contribution >= 4 is 29.7 Å². The molecule has 0 fully saturated rings. The fourth-order valence-electron chi connectivity index (χ4n) is 0.673. The first-order chi connectivity index (χ1) is 5.41. The fourth-order valence-corrected chi connectivity index (χ4v) is 0.821. The van der Waals surface area contributed by atoms with Crippen LogP contribution >= 0.6 is 24.0 Å². The molecule has 0 radical (unpaired) electrons. The number of alkyl halides is 3. The van der Waals surface area contributed by atoms with Crippen LogP contribution < -0.4 is 5.73 Å². The van der Waals surface area contributed by atoms with E-state index in [4.69, 9.17) is 17.3 Å². The highest BCUT2D eigenvalue weighted by Gasteiger charge is 2.35. The molecule has 1 rings (SSSR count). The Morgan fingerprint density at radius 2 is 1.85 bits per heavy atom. The van der Waals surface area contributed by atoms with Gasteiger partial charge in [-0.3, -0.25) is 0 Å². The van der Waals surface area contributed by atoms with E-state index >= 15 is 0 Å². The number of halogens is 5. The first-order valence-corrected chi connectivity index (χ1v) is 3.28.